The molecule has 0 saturated carbocycles. The summed E-state index contributed by atoms with van der Waals surface area (Å²) < 4.78 is 10.9. The molecule has 2 N–H and O–H groups in total. The average molecular weight is 301 g/mol. The van der Waals surface area contributed by atoms with Gasteiger partial charge < -0.3 is 19.9 Å². The molecule has 1 aromatic heterocycles. The molecule has 0 spiro atoms. The van der Waals surface area contributed by atoms with Crippen LogP contribution < -0.4 is 14.8 Å². The molecule has 1 aliphatic rings. The molecule has 7 heteroatoms. The van der Waals surface area contributed by atoms with E-state index in [1.54, 1.807) is 7.11 Å². The first-order valence-corrected chi connectivity index (χ1v) is 6.77. The Kier molecular flexibility index (Phi) is 3.78. The number of hydrogen-bond donors (Lipinski definition) is 2. The number of benzene rings is 1. The zero-order valence-corrected chi connectivity index (χ0v) is 11.9. The second-order valence-corrected chi connectivity index (χ2v) is 4.92. The molecular weight excluding hydrogens is 286 g/mol. The van der Waals surface area contributed by atoms with Crippen LogP contribution in [-0.4, -0.2) is 40.8 Å². The first kappa shape index (κ1) is 14.1. The summed E-state index contributed by atoms with van der Waals surface area (Å²) in [5, 5.41) is 12.0. The van der Waals surface area contributed by atoms with Crippen LogP contribution in [0, 0.1) is 0 Å². The lowest BCUT2D eigenvalue weighted by Crippen LogP contribution is -2.33. The fraction of sp³-hybridized carbons (Fsp3) is 0.267. The van der Waals surface area contributed by atoms with Crippen LogP contribution in [0.25, 0.3) is 0 Å². The van der Waals surface area contributed by atoms with Gasteiger partial charge in [0.15, 0.2) is 5.69 Å². The van der Waals surface area contributed by atoms with Gasteiger partial charge in [-0.05, 0) is 18.1 Å². The molecule has 0 saturated heterocycles. The summed E-state index contributed by atoms with van der Waals surface area (Å²) in [6, 6.07) is 5.78. The SMILES string of the molecule is COc1ccc2c(c1)OCC(Nc1cnc(C(=O)O)cn1)C2. The van der Waals surface area contributed by atoms with Crippen LogP contribution >= 0.6 is 0 Å². The predicted octanol–water partition coefficient (Wildman–Crippen LogP) is 1.60. The zero-order valence-electron chi connectivity index (χ0n) is 11.9. The third-order valence-electron chi connectivity index (χ3n) is 3.40. The highest BCUT2D eigenvalue weighted by atomic mass is 16.5. The van der Waals surface area contributed by atoms with Gasteiger partial charge in [-0.1, -0.05) is 6.07 Å². The van der Waals surface area contributed by atoms with E-state index < -0.39 is 5.97 Å². The van der Waals surface area contributed by atoms with Crippen LogP contribution in [0.4, 0.5) is 5.82 Å². The van der Waals surface area contributed by atoms with Gasteiger partial charge in [-0.2, -0.15) is 0 Å². The highest BCUT2D eigenvalue weighted by molar-refractivity contribution is 5.84. The summed E-state index contributed by atoms with van der Waals surface area (Å²) >= 11 is 0. The Hall–Kier alpha value is -2.83. The van der Waals surface area contributed by atoms with Crippen LogP contribution in [0.2, 0.25) is 0 Å². The topological polar surface area (TPSA) is 93.6 Å². The van der Waals surface area contributed by atoms with Crippen molar-refractivity contribution in [1.82, 2.24) is 9.97 Å². The molecule has 1 atom stereocenters. The molecule has 0 radical (unpaired) electrons. The van der Waals surface area contributed by atoms with E-state index >= 15 is 0 Å². The lowest BCUT2D eigenvalue weighted by molar-refractivity contribution is 0.0690. The number of aromatic nitrogens is 2. The summed E-state index contributed by atoms with van der Waals surface area (Å²) in [6.45, 7) is 0.489. The van der Waals surface area contributed by atoms with Crippen molar-refractivity contribution < 1.29 is 19.4 Å². The number of carbonyl (C=O) groups is 1. The maximum Gasteiger partial charge on any atom is 0.356 e. The molecule has 0 bridgehead atoms. The molecule has 1 aromatic carbocycles. The molecule has 2 aromatic rings. The number of nitrogens with one attached hydrogen (secondary N) is 1. The molecule has 0 amide bonds. The molecule has 3 rings (SSSR count). The van der Waals surface area contributed by atoms with Crippen LogP contribution in [-0.2, 0) is 6.42 Å². The van der Waals surface area contributed by atoms with Crippen LogP contribution in [0.5, 0.6) is 11.5 Å². The highest BCUT2D eigenvalue weighted by Gasteiger charge is 2.20. The van der Waals surface area contributed by atoms with E-state index in [4.69, 9.17) is 14.6 Å². The minimum Gasteiger partial charge on any atom is -0.497 e. The van der Waals surface area contributed by atoms with Gasteiger partial charge in [0.25, 0.3) is 0 Å². The van der Waals surface area contributed by atoms with Gasteiger partial charge in [-0.15, -0.1) is 0 Å². The Morgan fingerprint density at radius 2 is 2.27 bits per heavy atom. The fourth-order valence-corrected chi connectivity index (χ4v) is 2.29. The zero-order chi connectivity index (χ0) is 15.5. The smallest absolute Gasteiger partial charge is 0.356 e. The predicted molar refractivity (Wildman–Crippen MR) is 78.6 cm³/mol. The lowest BCUT2D eigenvalue weighted by atomic mass is 10.0. The number of carboxylic acids is 1. The first-order valence-electron chi connectivity index (χ1n) is 6.77. The Balaban J connectivity index is 1.68. The quantitative estimate of drug-likeness (QED) is 0.885. The third kappa shape index (κ3) is 2.93. The Bertz CT molecular complexity index is 688. The van der Waals surface area contributed by atoms with E-state index in [-0.39, 0.29) is 11.7 Å². The van der Waals surface area contributed by atoms with E-state index in [0.717, 1.165) is 23.5 Å². The van der Waals surface area contributed by atoms with Gasteiger partial charge >= 0.3 is 5.97 Å². The van der Waals surface area contributed by atoms with Gasteiger partial charge in [0, 0.05) is 6.07 Å². The third-order valence-corrected chi connectivity index (χ3v) is 3.40. The van der Waals surface area contributed by atoms with E-state index in [1.807, 2.05) is 18.2 Å². The van der Waals surface area contributed by atoms with Crippen molar-refractivity contribution in [3.63, 3.8) is 0 Å². The molecular formula is C15H15N3O4. The maximum absolute atomic E-state index is 10.7. The number of ether oxygens (including phenoxy) is 2. The summed E-state index contributed by atoms with van der Waals surface area (Å²) in [6.07, 6.45) is 3.42. The number of anilines is 1. The Labute approximate surface area is 126 Å². The summed E-state index contributed by atoms with van der Waals surface area (Å²) in [5.74, 6) is 1.02. The van der Waals surface area contributed by atoms with Crippen molar-refractivity contribution in [2.24, 2.45) is 0 Å². The minimum atomic E-state index is -1.09. The highest BCUT2D eigenvalue weighted by Crippen LogP contribution is 2.29. The average Bonchev–Trinajstić information content (AvgIpc) is 2.55. The molecule has 7 nitrogen and oxygen atoms in total. The van der Waals surface area contributed by atoms with Gasteiger partial charge in [0.1, 0.15) is 23.9 Å². The second-order valence-electron chi connectivity index (χ2n) is 4.92. The van der Waals surface area contributed by atoms with E-state index in [2.05, 4.69) is 15.3 Å². The molecule has 1 unspecified atom stereocenters. The number of aromatic carboxylic acids is 1. The van der Waals surface area contributed by atoms with Crippen molar-refractivity contribution in [2.75, 3.05) is 19.0 Å². The van der Waals surface area contributed by atoms with Crippen LogP contribution in [0.1, 0.15) is 16.1 Å². The van der Waals surface area contributed by atoms with Crippen molar-refractivity contribution in [2.45, 2.75) is 12.5 Å². The van der Waals surface area contributed by atoms with Crippen LogP contribution in [0.3, 0.4) is 0 Å². The van der Waals surface area contributed by atoms with E-state index in [9.17, 15) is 4.79 Å². The largest absolute Gasteiger partial charge is 0.497 e. The van der Waals surface area contributed by atoms with Gasteiger partial charge in [-0.25, -0.2) is 14.8 Å². The number of carboxylic acid groups (broad SMARTS) is 1. The standard InChI is InChI=1S/C15H15N3O4/c1-21-11-3-2-9-4-10(8-22-13(9)5-11)18-14-7-16-12(6-17-14)15(19)20/h2-3,5-7,10H,4,8H2,1H3,(H,17,18)(H,19,20). The normalized spacial score (nSPS) is 16.3. The van der Waals surface area contributed by atoms with Gasteiger partial charge in [-0.3, -0.25) is 0 Å². The molecule has 0 aliphatic carbocycles. The number of hydrogen-bond acceptors (Lipinski definition) is 6. The lowest BCUT2D eigenvalue weighted by Gasteiger charge is -2.26. The first-order chi connectivity index (χ1) is 10.7. The molecule has 1 aliphatic heterocycles. The van der Waals surface area contributed by atoms with Crippen molar-refractivity contribution in [1.29, 1.82) is 0 Å². The summed E-state index contributed by atoms with van der Waals surface area (Å²) in [7, 11) is 1.62. The minimum absolute atomic E-state index is 0.0471. The van der Waals surface area contributed by atoms with E-state index in [0.29, 0.717) is 12.4 Å². The van der Waals surface area contributed by atoms with E-state index in [1.165, 1.54) is 12.4 Å². The van der Waals surface area contributed by atoms with Crippen molar-refractivity contribution in [3.8, 4) is 11.5 Å². The summed E-state index contributed by atoms with van der Waals surface area (Å²) in [5.41, 5.74) is 1.00. The fourth-order valence-electron chi connectivity index (χ4n) is 2.29. The van der Waals surface area contributed by atoms with Gasteiger partial charge in [0.05, 0.1) is 25.5 Å². The number of rotatable bonds is 4. The molecule has 2 heterocycles. The number of fused-ring (bicyclic) bond motifs is 1. The van der Waals surface area contributed by atoms with Crippen molar-refractivity contribution in [3.05, 3.63) is 41.9 Å². The maximum atomic E-state index is 10.7. The molecule has 114 valence electrons. The van der Waals surface area contributed by atoms with Crippen LogP contribution in [0.15, 0.2) is 30.6 Å². The summed E-state index contributed by atoms with van der Waals surface area (Å²) in [4.78, 5) is 18.6. The van der Waals surface area contributed by atoms with Gasteiger partial charge in [0.2, 0.25) is 0 Å². The molecule has 0 fully saturated rings. The molecule has 22 heavy (non-hydrogen) atoms. The monoisotopic (exact) mass is 301 g/mol. The van der Waals surface area contributed by atoms with Crippen molar-refractivity contribution >= 4 is 11.8 Å². The second kappa shape index (κ2) is 5.88. The Morgan fingerprint density at radius 3 is 2.95 bits per heavy atom. The Morgan fingerprint density at radius 1 is 1.41 bits per heavy atom. The number of methoxy groups -OCH3 is 1. The number of nitrogens with zero attached hydrogens (tertiary/aromatic N) is 2.